The number of halogens is 1. The molecule has 96 valence electrons. The Balaban J connectivity index is 4.15. The molecule has 4 N–H and O–H groups in total. The fourth-order valence-corrected chi connectivity index (χ4v) is 0.977. The number of carbonyl (C=O) groups is 3. The van der Waals surface area contributed by atoms with E-state index in [1.165, 1.54) is 0 Å². The van der Waals surface area contributed by atoms with E-state index in [0.717, 1.165) is 0 Å². The summed E-state index contributed by atoms with van der Waals surface area (Å²) in [5, 5.41) is 21.7. The van der Waals surface area contributed by atoms with Crippen LogP contribution in [0.1, 0.15) is 12.8 Å². The first-order chi connectivity index (χ1) is 7.82. The quantitative estimate of drug-likeness (QED) is 0.530. The highest BCUT2D eigenvalue weighted by atomic mass is 35.5. The van der Waals surface area contributed by atoms with E-state index in [2.05, 4.69) is 17.2 Å². The maximum Gasteiger partial charge on any atom is 0.326 e. The molecule has 1 atom stereocenters. The molecule has 0 fully saturated rings. The van der Waals surface area contributed by atoms with Crippen molar-refractivity contribution in [1.29, 1.82) is 0 Å². The maximum atomic E-state index is 11.2. The molecule has 17 heavy (non-hydrogen) atoms. The lowest BCUT2D eigenvalue weighted by molar-refractivity contribution is -0.140. The molecule has 0 aromatic rings. The summed E-state index contributed by atoms with van der Waals surface area (Å²) in [5.74, 6) is -2.43. The fourth-order valence-electron chi connectivity index (χ4n) is 0.911. The molecule has 0 aliphatic carbocycles. The zero-order chi connectivity index (χ0) is 13.4. The molecule has 0 aliphatic rings. The number of nitrogens with one attached hydrogen (secondary N) is 2. The minimum atomic E-state index is -1.30. The molecule has 0 aromatic carbocycles. The lowest BCUT2D eigenvalue weighted by Gasteiger charge is -2.13. The van der Waals surface area contributed by atoms with E-state index in [1.807, 2.05) is 0 Å². The first kappa shape index (κ1) is 15.2. The van der Waals surface area contributed by atoms with Crippen molar-refractivity contribution >= 4 is 29.6 Å². The van der Waals surface area contributed by atoms with Gasteiger partial charge in [-0.05, 0) is 6.42 Å². The molecule has 2 amide bonds. The Morgan fingerprint density at radius 2 is 1.88 bits per heavy atom. The molecule has 0 aliphatic heterocycles. The molecule has 0 bridgehead atoms. The molecule has 0 rings (SSSR count). The van der Waals surface area contributed by atoms with Gasteiger partial charge in [0.05, 0.1) is 6.54 Å². The Hall–Kier alpha value is -1.76. The summed E-state index contributed by atoms with van der Waals surface area (Å²) in [6, 6.07) is -2.00. The van der Waals surface area contributed by atoms with E-state index in [4.69, 9.17) is 21.8 Å². The summed E-state index contributed by atoms with van der Waals surface area (Å²) < 4.78 is 0. The second-order valence-corrected chi connectivity index (χ2v) is 3.70. The van der Waals surface area contributed by atoms with Gasteiger partial charge in [0.15, 0.2) is 0 Å². The monoisotopic (exact) mass is 264 g/mol. The van der Waals surface area contributed by atoms with Crippen LogP contribution < -0.4 is 10.6 Å². The third-order valence-corrected chi connectivity index (χ3v) is 1.82. The van der Waals surface area contributed by atoms with Crippen molar-refractivity contribution < 1.29 is 24.6 Å². The summed E-state index contributed by atoms with van der Waals surface area (Å²) in [6.45, 7) is 3.33. The van der Waals surface area contributed by atoms with Crippen molar-refractivity contribution in [3.05, 3.63) is 11.6 Å². The second-order valence-electron chi connectivity index (χ2n) is 3.17. The molecule has 0 saturated carbocycles. The minimum absolute atomic E-state index is 0.00133. The topological polar surface area (TPSA) is 116 Å². The molecule has 8 heteroatoms. The molecular formula is C9H13ClN2O5. The van der Waals surface area contributed by atoms with Crippen LogP contribution in [-0.2, 0) is 9.59 Å². The first-order valence-electron chi connectivity index (χ1n) is 4.65. The van der Waals surface area contributed by atoms with Gasteiger partial charge in [-0.3, -0.25) is 4.79 Å². The number of rotatable bonds is 7. The number of amides is 2. The van der Waals surface area contributed by atoms with Gasteiger partial charge in [-0.15, -0.1) is 0 Å². The summed E-state index contributed by atoms with van der Waals surface area (Å²) in [7, 11) is 0. The zero-order valence-electron chi connectivity index (χ0n) is 8.90. The van der Waals surface area contributed by atoms with Crippen molar-refractivity contribution in [3.63, 3.8) is 0 Å². The molecule has 0 spiro atoms. The van der Waals surface area contributed by atoms with Crippen LogP contribution in [0.25, 0.3) is 0 Å². The Kier molecular flexibility index (Phi) is 6.73. The van der Waals surface area contributed by atoms with E-state index in [-0.39, 0.29) is 24.4 Å². The highest BCUT2D eigenvalue weighted by molar-refractivity contribution is 6.29. The molecule has 0 heterocycles. The second kappa shape index (κ2) is 7.50. The van der Waals surface area contributed by atoms with Crippen LogP contribution in [0.5, 0.6) is 0 Å². The smallest absolute Gasteiger partial charge is 0.326 e. The standard InChI is InChI=1S/C9H13ClN2O5/c1-5(10)4-11-9(17)12-6(8(15)16)2-3-7(13)14/h6H,1-4H2,(H,13,14)(H,15,16)(H2,11,12,17). The Morgan fingerprint density at radius 3 is 2.29 bits per heavy atom. The minimum Gasteiger partial charge on any atom is -0.481 e. The van der Waals surface area contributed by atoms with Gasteiger partial charge in [0.2, 0.25) is 0 Å². The number of carboxylic acid groups (broad SMARTS) is 2. The highest BCUT2D eigenvalue weighted by Crippen LogP contribution is 1.98. The Labute approximate surface area is 102 Å². The SMILES string of the molecule is C=C(Cl)CNC(=O)NC(CCC(=O)O)C(=O)O. The molecule has 0 aromatic heterocycles. The third kappa shape index (κ3) is 8.09. The number of aliphatic carboxylic acids is 2. The van der Waals surface area contributed by atoms with Crippen LogP contribution in [0, 0.1) is 0 Å². The van der Waals surface area contributed by atoms with Crippen LogP contribution >= 0.6 is 11.6 Å². The molecule has 0 saturated heterocycles. The van der Waals surface area contributed by atoms with E-state index in [1.54, 1.807) is 0 Å². The van der Waals surface area contributed by atoms with Gasteiger partial charge >= 0.3 is 18.0 Å². The van der Waals surface area contributed by atoms with Crippen molar-refractivity contribution in [2.75, 3.05) is 6.54 Å². The van der Waals surface area contributed by atoms with Gasteiger partial charge in [0.1, 0.15) is 6.04 Å². The predicted octanol–water partition coefficient (Wildman–Crippen LogP) is 0.356. The molecule has 0 radical (unpaired) electrons. The largest absolute Gasteiger partial charge is 0.481 e. The van der Waals surface area contributed by atoms with E-state index >= 15 is 0 Å². The van der Waals surface area contributed by atoms with Gasteiger partial charge in [0.25, 0.3) is 0 Å². The zero-order valence-corrected chi connectivity index (χ0v) is 9.66. The number of hydrogen-bond acceptors (Lipinski definition) is 3. The van der Waals surface area contributed by atoms with E-state index in [9.17, 15) is 14.4 Å². The summed E-state index contributed by atoms with van der Waals surface area (Å²) in [5.41, 5.74) is 0. The van der Waals surface area contributed by atoms with Gasteiger partial charge in [-0.2, -0.15) is 0 Å². The van der Waals surface area contributed by atoms with Crippen molar-refractivity contribution in [3.8, 4) is 0 Å². The molecule has 7 nitrogen and oxygen atoms in total. The first-order valence-corrected chi connectivity index (χ1v) is 5.03. The van der Waals surface area contributed by atoms with Crippen LogP contribution in [0.2, 0.25) is 0 Å². The third-order valence-electron chi connectivity index (χ3n) is 1.69. The predicted molar refractivity (Wildman–Crippen MR) is 59.8 cm³/mol. The average Bonchev–Trinajstić information content (AvgIpc) is 2.20. The van der Waals surface area contributed by atoms with Gasteiger partial charge in [-0.25, -0.2) is 9.59 Å². The van der Waals surface area contributed by atoms with Crippen molar-refractivity contribution in [1.82, 2.24) is 10.6 Å². The van der Waals surface area contributed by atoms with Gasteiger partial charge in [0, 0.05) is 11.5 Å². The van der Waals surface area contributed by atoms with Crippen LogP contribution in [-0.4, -0.2) is 40.8 Å². The van der Waals surface area contributed by atoms with E-state index < -0.39 is 24.0 Å². The summed E-state index contributed by atoms with van der Waals surface area (Å²) in [6.07, 6.45) is -0.542. The van der Waals surface area contributed by atoms with E-state index in [0.29, 0.717) is 0 Å². The Morgan fingerprint density at radius 1 is 1.29 bits per heavy atom. The number of hydrogen-bond donors (Lipinski definition) is 4. The van der Waals surface area contributed by atoms with Crippen molar-refractivity contribution in [2.45, 2.75) is 18.9 Å². The van der Waals surface area contributed by atoms with Crippen molar-refractivity contribution in [2.24, 2.45) is 0 Å². The number of carboxylic acids is 2. The van der Waals surface area contributed by atoms with Gasteiger partial charge in [-0.1, -0.05) is 18.2 Å². The lowest BCUT2D eigenvalue weighted by Crippen LogP contribution is -2.46. The molecule has 1 unspecified atom stereocenters. The number of carbonyl (C=O) groups excluding carboxylic acids is 1. The maximum absolute atomic E-state index is 11.2. The lowest BCUT2D eigenvalue weighted by atomic mass is 10.1. The normalized spacial score (nSPS) is 11.4. The molecular weight excluding hydrogens is 252 g/mol. The van der Waals surface area contributed by atoms with Crippen LogP contribution in [0.3, 0.4) is 0 Å². The average molecular weight is 265 g/mol. The fraction of sp³-hybridized carbons (Fsp3) is 0.444. The van der Waals surface area contributed by atoms with Crippen LogP contribution in [0.4, 0.5) is 4.79 Å². The number of urea groups is 1. The van der Waals surface area contributed by atoms with Crippen LogP contribution in [0.15, 0.2) is 11.6 Å². The summed E-state index contributed by atoms with van der Waals surface area (Å²) >= 11 is 5.39. The van der Waals surface area contributed by atoms with Gasteiger partial charge < -0.3 is 20.8 Å². The summed E-state index contributed by atoms with van der Waals surface area (Å²) in [4.78, 5) is 32.2. The Bertz CT molecular complexity index is 331. The highest BCUT2D eigenvalue weighted by Gasteiger charge is 2.20.